The smallest absolute Gasteiger partial charge is 0.270 e. The minimum atomic E-state index is -0.422. The van der Waals surface area contributed by atoms with Crippen molar-refractivity contribution in [2.24, 2.45) is 0 Å². The molecule has 0 unspecified atom stereocenters. The monoisotopic (exact) mass is 274 g/mol. The number of hydrogen-bond donors (Lipinski definition) is 1. The molecule has 0 fully saturated rings. The molecule has 0 radical (unpaired) electrons. The first kappa shape index (κ1) is 12.1. The number of hydrogen-bond acceptors (Lipinski definition) is 4. The molecule has 5 nitrogen and oxygen atoms in total. The van der Waals surface area contributed by atoms with Crippen LogP contribution in [0, 0.1) is 10.1 Å². The lowest BCUT2D eigenvalue weighted by Gasteiger charge is -2.04. The van der Waals surface area contributed by atoms with E-state index in [2.05, 4.69) is 21.4 Å². The fourth-order valence-corrected chi connectivity index (χ4v) is 1.61. The van der Waals surface area contributed by atoms with E-state index in [1.807, 2.05) is 6.92 Å². The Morgan fingerprint density at radius 2 is 2.27 bits per heavy atom. The number of non-ortho nitro benzene ring substituents is 1. The lowest BCUT2D eigenvalue weighted by Crippen LogP contribution is -2.13. The van der Waals surface area contributed by atoms with Gasteiger partial charge in [0.1, 0.15) is 0 Å². The van der Waals surface area contributed by atoms with Crippen LogP contribution >= 0.6 is 15.9 Å². The summed E-state index contributed by atoms with van der Waals surface area (Å²) in [5.74, 6) is 0. The van der Waals surface area contributed by atoms with Crippen molar-refractivity contribution in [2.45, 2.75) is 13.5 Å². The van der Waals surface area contributed by atoms with Crippen LogP contribution in [-0.2, 0) is 11.4 Å². The number of rotatable bonds is 5. The molecule has 1 aromatic rings. The summed E-state index contributed by atoms with van der Waals surface area (Å²) in [6, 6.07) is 4.78. The second-order valence-electron chi connectivity index (χ2n) is 2.83. The van der Waals surface area contributed by atoms with Crippen LogP contribution in [-0.4, -0.2) is 11.5 Å². The molecular weight excluding hydrogens is 264 g/mol. The van der Waals surface area contributed by atoms with Crippen molar-refractivity contribution in [3.63, 3.8) is 0 Å². The third kappa shape index (κ3) is 3.94. The molecule has 0 atom stereocenters. The normalized spacial score (nSPS) is 10.3. The summed E-state index contributed by atoms with van der Waals surface area (Å²) in [6.45, 7) is 2.85. The average molecular weight is 275 g/mol. The van der Waals surface area contributed by atoms with Gasteiger partial charge in [-0.2, -0.15) is 5.48 Å². The van der Waals surface area contributed by atoms with Gasteiger partial charge in [0.25, 0.3) is 5.69 Å². The van der Waals surface area contributed by atoms with Crippen LogP contribution < -0.4 is 5.48 Å². The van der Waals surface area contributed by atoms with Crippen molar-refractivity contribution < 1.29 is 9.76 Å². The summed E-state index contributed by atoms with van der Waals surface area (Å²) in [5.41, 5.74) is 3.56. The van der Waals surface area contributed by atoms with E-state index in [1.165, 1.54) is 12.1 Å². The Labute approximate surface area is 95.7 Å². The van der Waals surface area contributed by atoms with Crippen molar-refractivity contribution in [2.75, 3.05) is 6.61 Å². The fraction of sp³-hybridized carbons (Fsp3) is 0.333. The van der Waals surface area contributed by atoms with Crippen molar-refractivity contribution in [3.05, 3.63) is 38.3 Å². The molecule has 0 bridgehead atoms. The summed E-state index contributed by atoms with van der Waals surface area (Å²) in [5, 5.41) is 10.6. The SMILES string of the molecule is CCONCc1cc(Br)cc([N+](=O)[O-])c1. The summed E-state index contributed by atoms with van der Waals surface area (Å²) in [7, 11) is 0. The highest BCUT2D eigenvalue weighted by molar-refractivity contribution is 9.10. The van der Waals surface area contributed by atoms with E-state index >= 15 is 0 Å². The Hall–Kier alpha value is -0.980. The molecule has 0 aliphatic rings. The second kappa shape index (κ2) is 5.79. The third-order valence-electron chi connectivity index (χ3n) is 1.68. The van der Waals surface area contributed by atoms with Gasteiger partial charge in [0, 0.05) is 23.2 Å². The number of nitro groups is 1. The number of nitro benzene ring substituents is 1. The topological polar surface area (TPSA) is 64.4 Å². The van der Waals surface area contributed by atoms with Gasteiger partial charge < -0.3 is 4.84 Å². The molecule has 0 saturated carbocycles. The van der Waals surface area contributed by atoms with Crippen LogP contribution in [0.1, 0.15) is 12.5 Å². The number of nitrogens with zero attached hydrogens (tertiary/aromatic N) is 1. The molecule has 1 rings (SSSR count). The first-order valence-electron chi connectivity index (χ1n) is 4.42. The first-order chi connectivity index (χ1) is 7.13. The average Bonchev–Trinajstić information content (AvgIpc) is 2.17. The molecule has 0 heterocycles. The Kier molecular flexibility index (Phi) is 4.67. The quantitative estimate of drug-likeness (QED) is 0.509. The minimum absolute atomic E-state index is 0.0673. The zero-order valence-corrected chi connectivity index (χ0v) is 9.78. The Balaban J connectivity index is 2.75. The molecule has 82 valence electrons. The van der Waals surface area contributed by atoms with E-state index in [1.54, 1.807) is 6.07 Å². The van der Waals surface area contributed by atoms with Gasteiger partial charge in [0.05, 0.1) is 11.5 Å². The van der Waals surface area contributed by atoms with Crippen molar-refractivity contribution in [1.82, 2.24) is 5.48 Å². The molecule has 1 N–H and O–H groups in total. The largest absolute Gasteiger partial charge is 0.302 e. The second-order valence-corrected chi connectivity index (χ2v) is 3.74. The van der Waals surface area contributed by atoms with Crippen molar-refractivity contribution in [3.8, 4) is 0 Å². The lowest BCUT2D eigenvalue weighted by molar-refractivity contribution is -0.385. The van der Waals surface area contributed by atoms with Crippen LogP contribution in [0.4, 0.5) is 5.69 Å². The third-order valence-corrected chi connectivity index (χ3v) is 2.13. The van der Waals surface area contributed by atoms with Gasteiger partial charge in [-0.15, -0.1) is 0 Å². The van der Waals surface area contributed by atoms with Crippen LogP contribution in [0.15, 0.2) is 22.7 Å². The Bertz CT molecular complexity index is 357. The predicted octanol–water partition coefficient (Wildman–Crippen LogP) is 2.40. The van der Waals surface area contributed by atoms with Gasteiger partial charge in [0.2, 0.25) is 0 Å². The minimum Gasteiger partial charge on any atom is -0.302 e. The molecule has 0 aliphatic heterocycles. The Morgan fingerprint density at radius 1 is 1.53 bits per heavy atom. The van der Waals surface area contributed by atoms with Crippen molar-refractivity contribution in [1.29, 1.82) is 0 Å². The predicted molar refractivity (Wildman–Crippen MR) is 59.3 cm³/mol. The maximum atomic E-state index is 10.6. The van der Waals surface area contributed by atoms with E-state index in [4.69, 9.17) is 4.84 Å². The molecule has 6 heteroatoms. The highest BCUT2D eigenvalue weighted by Crippen LogP contribution is 2.21. The maximum Gasteiger partial charge on any atom is 0.270 e. The number of halogens is 1. The number of hydroxylamine groups is 1. The lowest BCUT2D eigenvalue weighted by atomic mass is 10.2. The van der Waals surface area contributed by atoms with Gasteiger partial charge in [-0.3, -0.25) is 10.1 Å². The highest BCUT2D eigenvalue weighted by atomic mass is 79.9. The molecule has 15 heavy (non-hydrogen) atoms. The molecule has 0 spiro atoms. The van der Waals surface area contributed by atoms with Gasteiger partial charge in [-0.05, 0) is 18.6 Å². The van der Waals surface area contributed by atoms with E-state index in [0.717, 1.165) is 5.56 Å². The molecule has 0 aromatic heterocycles. The number of benzene rings is 1. The first-order valence-corrected chi connectivity index (χ1v) is 5.21. The molecular formula is C9H11BrN2O3. The molecule has 1 aromatic carbocycles. The Morgan fingerprint density at radius 3 is 2.87 bits per heavy atom. The summed E-state index contributed by atoms with van der Waals surface area (Å²) in [6.07, 6.45) is 0. The maximum absolute atomic E-state index is 10.6. The standard InChI is InChI=1S/C9H11BrN2O3/c1-2-15-11-6-7-3-8(10)5-9(4-7)12(13)14/h3-5,11H,2,6H2,1H3. The van der Waals surface area contributed by atoms with E-state index in [9.17, 15) is 10.1 Å². The summed E-state index contributed by atoms with van der Waals surface area (Å²) in [4.78, 5) is 15.1. The van der Waals surface area contributed by atoms with Crippen LogP contribution in [0.25, 0.3) is 0 Å². The molecule has 0 amide bonds. The zero-order chi connectivity index (χ0) is 11.3. The van der Waals surface area contributed by atoms with Gasteiger partial charge in [0.15, 0.2) is 0 Å². The molecule has 0 saturated heterocycles. The van der Waals surface area contributed by atoms with Crippen LogP contribution in [0.3, 0.4) is 0 Å². The zero-order valence-electron chi connectivity index (χ0n) is 8.20. The summed E-state index contributed by atoms with van der Waals surface area (Å²) < 4.78 is 0.685. The highest BCUT2D eigenvalue weighted by Gasteiger charge is 2.08. The van der Waals surface area contributed by atoms with Gasteiger partial charge in [-0.25, -0.2) is 0 Å². The fourth-order valence-electron chi connectivity index (χ4n) is 1.08. The van der Waals surface area contributed by atoms with Crippen LogP contribution in [0.2, 0.25) is 0 Å². The van der Waals surface area contributed by atoms with Crippen LogP contribution in [0.5, 0.6) is 0 Å². The van der Waals surface area contributed by atoms with E-state index in [-0.39, 0.29) is 5.69 Å². The molecule has 0 aliphatic carbocycles. The van der Waals surface area contributed by atoms with E-state index < -0.39 is 4.92 Å². The van der Waals surface area contributed by atoms with Gasteiger partial charge in [-0.1, -0.05) is 15.9 Å². The number of nitrogens with one attached hydrogen (secondary N) is 1. The summed E-state index contributed by atoms with van der Waals surface area (Å²) >= 11 is 3.22. The van der Waals surface area contributed by atoms with Crippen molar-refractivity contribution >= 4 is 21.6 Å². The van der Waals surface area contributed by atoms with Gasteiger partial charge >= 0.3 is 0 Å². The van der Waals surface area contributed by atoms with E-state index in [0.29, 0.717) is 17.6 Å².